The molecule has 1 fully saturated rings. The molecule has 0 saturated carbocycles. The van der Waals surface area contributed by atoms with Gasteiger partial charge in [0.25, 0.3) is 0 Å². The number of sulfonamides is 1. The molecule has 8 heteroatoms. The second kappa shape index (κ2) is 7.93. The van der Waals surface area contributed by atoms with Crippen molar-refractivity contribution in [2.75, 3.05) is 43.4 Å². The summed E-state index contributed by atoms with van der Waals surface area (Å²) in [7, 11) is -3.37. The number of nitrogens with one attached hydrogen (secondary N) is 1. The number of piperazine rings is 1. The molecule has 1 aromatic carbocycles. The van der Waals surface area contributed by atoms with Crippen LogP contribution >= 0.6 is 11.6 Å². The number of halogens is 1. The van der Waals surface area contributed by atoms with Crippen LogP contribution in [0.15, 0.2) is 24.3 Å². The molecular weight excluding hydrogens is 362 g/mol. The molecule has 140 valence electrons. The minimum atomic E-state index is -3.37. The first-order valence-electron chi connectivity index (χ1n) is 8.36. The van der Waals surface area contributed by atoms with Crippen molar-refractivity contribution in [3.8, 4) is 0 Å². The zero-order valence-electron chi connectivity index (χ0n) is 15.0. The maximum atomic E-state index is 12.4. The van der Waals surface area contributed by atoms with Crippen molar-refractivity contribution in [3.63, 3.8) is 0 Å². The van der Waals surface area contributed by atoms with Gasteiger partial charge in [-0.3, -0.25) is 4.79 Å². The molecule has 1 aliphatic heterocycles. The molecule has 1 saturated heterocycles. The first-order chi connectivity index (χ1) is 11.6. The van der Waals surface area contributed by atoms with Gasteiger partial charge in [0.05, 0.1) is 5.75 Å². The monoisotopic (exact) mass is 387 g/mol. The standard InChI is InChI=1S/C17H26ClN3O3S/c1-17(2,3)16(22)19-8-13-25(23,24)21-11-9-20(10-12-21)15-6-4-14(18)5-7-15/h4-7H,8-13H2,1-3H3,(H,19,22). The van der Waals surface area contributed by atoms with Crippen molar-refractivity contribution >= 4 is 33.2 Å². The number of hydrogen-bond acceptors (Lipinski definition) is 4. The van der Waals surface area contributed by atoms with Gasteiger partial charge < -0.3 is 10.2 Å². The van der Waals surface area contributed by atoms with Crippen molar-refractivity contribution in [1.29, 1.82) is 0 Å². The Morgan fingerprint density at radius 1 is 1.12 bits per heavy atom. The minimum Gasteiger partial charge on any atom is -0.369 e. The van der Waals surface area contributed by atoms with Crippen molar-refractivity contribution < 1.29 is 13.2 Å². The van der Waals surface area contributed by atoms with Crippen LogP contribution in [0.3, 0.4) is 0 Å². The van der Waals surface area contributed by atoms with E-state index in [4.69, 9.17) is 11.6 Å². The fraction of sp³-hybridized carbons (Fsp3) is 0.588. The van der Waals surface area contributed by atoms with Crippen LogP contribution in [-0.4, -0.2) is 57.1 Å². The Kier molecular flexibility index (Phi) is 6.35. The highest BCUT2D eigenvalue weighted by atomic mass is 35.5. The van der Waals surface area contributed by atoms with Gasteiger partial charge in [-0.25, -0.2) is 8.42 Å². The van der Waals surface area contributed by atoms with Crippen LogP contribution in [0.4, 0.5) is 5.69 Å². The summed E-state index contributed by atoms with van der Waals surface area (Å²) in [6.45, 7) is 7.68. The highest BCUT2D eigenvalue weighted by Crippen LogP contribution is 2.20. The van der Waals surface area contributed by atoms with E-state index in [0.717, 1.165) is 5.69 Å². The van der Waals surface area contributed by atoms with Gasteiger partial charge in [-0.15, -0.1) is 0 Å². The second-order valence-electron chi connectivity index (χ2n) is 7.18. The number of hydrogen-bond donors (Lipinski definition) is 1. The van der Waals surface area contributed by atoms with E-state index in [1.807, 2.05) is 24.3 Å². The number of anilines is 1. The van der Waals surface area contributed by atoms with Gasteiger partial charge in [0.15, 0.2) is 0 Å². The quantitative estimate of drug-likeness (QED) is 0.838. The van der Waals surface area contributed by atoms with Crippen molar-refractivity contribution in [2.45, 2.75) is 20.8 Å². The third-order valence-corrected chi connectivity index (χ3v) is 6.27. The number of carbonyl (C=O) groups excluding carboxylic acids is 1. The molecule has 0 unspecified atom stereocenters. The molecular formula is C17H26ClN3O3S. The Balaban J connectivity index is 1.84. The van der Waals surface area contributed by atoms with Crippen LogP contribution in [0.2, 0.25) is 5.02 Å². The van der Waals surface area contributed by atoms with E-state index < -0.39 is 15.4 Å². The Bertz CT molecular complexity index is 691. The summed E-state index contributed by atoms with van der Waals surface area (Å²) in [5.74, 6) is -0.217. The second-order valence-corrected chi connectivity index (χ2v) is 9.71. The van der Waals surface area contributed by atoms with E-state index in [-0.39, 0.29) is 18.2 Å². The lowest BCUT2D eigenvalue weighted by Crippen LogP contribution is -2.50. The SMILES string of the molecule is CC(C)(C)C(=O)NCCS(=O)(=O)N1CCN(c2ccc(Cl)cc2)CC1. The molecule has 6 nitrogen and oxygen atoms in total. The van der Waals surface area contributed by atoms with E-state index in [0.29, 0.717) is 31.2 Å². The Labute approximate surface area is 155 Å². The summed E-state index contributed by atoms with van der Waals surface area (Å²) in [4.78, 5) is 14.0. The maximum absolute atomic E-state index is 12.4. The lowest BCUT2D eigenvalue weighted by molar-refractivity contribution is -0.128. The van der Waals surface area contributed by atoms with Crippen molar-refractivity contribution in [2.24, 2.45) is 5.41 Å². The molecule has 2 rings (SSSR count). The number of nitrogens with zero attached hydrogens (tertiary/aromatic N) is 2. The molecule has 0 spiro atoms. The topological polar surface area (TPSA) is 69.7 Å². The van der Waals surface area contributed by atoms with Gasteiger partial charge >= 0.3 is 0 Å². The molecule has 0 aromatic heterocycles. The number of benzene rings is 1. The highest BCUT2D eigenvalue weighted by molar-refractivity contribution is 7.89. The smallest absolute Gasteiger partial charge is 0.225 e. The Morgan fingerprint density at radius 3 is 2.20 bits per heavy atom. The van der Waals surface area contributed by atoms with Crippen LogP contribution in [0.25, 0.3) is 0 Å². The average molecular weight is 388 g/mol. The molecule has 0 bridgehead atoms. The van der Waals surface area contributed by atoms with Crippen LogP contribution < -0.4 is 10.2 Å². The van der Waals surface area contributed by atoms with Crippen LogP contribution in [0.1, 0.15) is 20.8 Å². The summed E-state index contributed by atoms with van der Waals surface area (Å²) in [5.41, 5.74) is 0.521. The van der Waals surface area contributed by atoms with E-state index in [9.17, 15) is 13.2 Å². The first kappa shape index (κ1) is 20.0. The van der Waals surface area contributed by atoms with E-state index >= 15 is 0 Å². The van der Waals surface area contributed by atoms with Crippen LogP contribution in [0, 0.1) is 5.41 Å². The fourth-order valence-corrected chi connectivity index (χ4v) is 4.03. The summed E-state index contributed by atoms with van der Waals surface area (Å²) < 4.78 is 26.4. The van der Waals surface area contributed by atoms with Gasteiger partial charge in [-0.2, -0.15) is 4.31 Å². The summed E-state index contributed by atoms with van der Waals surface area (Å²) in [6.07, 6.45) is 0. The summed E-state index contributed by atoms with van der Waals surface area (Å²) >= 11 is 5.90. The van der Waals surface area contributed by atoms with Crippen molar-refractivity contribution in [3.05, 3.63) is 29.3 Å². The molecule has 1 aromatic rings. The molecule has 1 amide bonds. The predicted octanol–water partition coefficient (Wildman–Crippen LogP) is 1.95. The molecule has 1 N–H and O–H groups in total. The fourth-order valence-electron chi connectivity index (χ4n) is 2.56. The molecule has 0 atom stereocenters. The van der Waals surface area contributed by atoms with Gasteiger partial charge in [0, 0.05) is 48.8 Å². The van der Waals surface area contributed by atoms with Gasteiger partial charge in [-0.05, 0) is 24.3 Å². The highest BCUT2D eigenvalue weighted by Gasteiger charge is 2.27. The minimum absolute atomic E-state index is 0.0736. The summed E-state index contributed by atoms with van der Waals surface area (Å²) in [6, 6.07) is 7.54. The van der Waals surface area contributed by atoms with E-state index in [1.54, 1.807) is 20.8 Å². The molecule has 25 heavy (non-hydrogen) atoms. The van der Waals surface area contributed by atoms with E-state index in [1.165, 1.54) is 4.31 Å². The molecule has 1 aliphatic rings. The Morgan fingerprint density at radius 2 is 1.68 bits per heavy atom. The lowest BCUT2D eigenvalue weighted by atomic mass is 9.96. The predicted molar refractivity (Wildman–Crippen MR) is 101 cm³/mol. The third kappa shape index (κ3) is 5.59. The number of rotatable bonds is 5. The van der Waals surface area contributed by atoms with Gasteiger partial charge in [0.2, 0.25) is 15.9 Å². The lowest BCUT2D eigenvalue weighted by Gasteiger charge is -2.35. The zero-order chi connectivity index (χ0) is 18.7. The van der Waals surface area contributed by atoms with Crippen molar-refractivity contribution in [1.82, 2.24) is 9.62 Å². The molecule has 1 heterocycles. The molecule has 0 radical (unpaired) electrons. The Hall–Kier alpha value is -1.31. The zero-order valence-corrected chi connectivity index (χ0v) is 16.5. The largest absolute Gasteiger partial charge is 0.369 e. The van der Waals surface area contributed by atoms with E-state index in [2.05, 4.69) is 10.2 Å². The average Bonchev–Trinajstić information content (AvgIpc) is 2.54. The van der Waals surface area contributed by atoms with Crippen LogP contribution in [-0.2, 0) is 14.8 Å². The first-order valence-corrected chi connectivity index (χ1v) is 10.3. The maximum Gasteiger partial charge on any atom is 0.225 e. The van der Waals surface area contributed by atoms with Gasteiger partial charge in [-0.1, -0.05) is 32.4 Å². The molecule has 0 aliphatic carbocycles. The number of amides is 1. The number of carbonyl (C=O) groups is 1. The third-order valence-electron chi connectivity index (χ3n) is 4.15. The normalized spacial score (nSPS) is 16.7. The van der Waals surface area contributed by atoms with Crippen LogP contribution in [0.5, 0.6) is 0 Å². The summed E-state index contributed by atoms with van der Waals surface area (Å²) in [5, 5.41) is 3.37. The van der Waals surface area contributed by atoms with Gasteiger partial charge in [0.1, 0.15) is 0 Å².